The van der Waals surface area contributed by atoms with Crippen molar-refractivity contribution in [3.8, 4) is 23.1 Å². The monoisotopic (exact) mass is 590 g/mol. The molecule has 220 valence electrons. The minimum absolute atomic E-state index is 0.203. The summed E-state index contributed by atoms with van der Waals surface area (Å²) >= 11 is 0. The number of nitrogens with one attached hydrogen (secondary N) is 1. The highest BCUT2D eigenvalue weighted by molar-refractivity contribution is 6.05. The van der Waals surface area contributed by atoms with E-state index in [1.165, 1.54) is 11.0 Å². The number of anilines is 1. The second-order valence-electron chi connectivity index (χ2n) is 11.1. The standard InChI is InChI=1S/C33H27FN6O4/c34-25-14-21(15-35)6-9-26(25)38-12-13-39-28(16-36-30(39)18-38)22-7-4-20(5-8-22)19-44-29-3-1-2-23-24(29)17-40(33(23)43)27-10-11-31(41)37-32(27)42/h1-9,14,16,27H,10-13,17-19H2,(H,37,41,42)/t27-/m0/s1. The fraction of sp³-hybridized carbons (Fsp3) is 0.242. The van der Waals surface area contributed by atoms with Gasteiger partial charge in [0.1, 0.15) is 30.0 Å². The zero-order valence-corrected chi connectivity index (χ0v) is 23.6. The molecule has 0 bridgehead atoms. The van der Waals surface area contributed by atoms with E-state index in [0.29, 0.717) is 55.2 Å². The van der Waals surface area contributed by atoms with Gasteiger partial charge in [-0.25, -0.2) is 9.37 Å². The Labute approximate surface area is 252 Å². The third kappa shape index (κ3) is 4.84. The zero-order valence-electron chi connectivity index (χ0n) is 23.6. The summed E-state index contributed by atoms with van der Waals surface area (Å²) in [6.07, 6.45) is 2.34. The fourth-order valence-electron chi connectivity index (χ4n) is 6.15. The fourth-order valence-corrected chi connectivity index (χ4v) is 6.15. The van der Waals surface area contributed by atoms with E-state index < -0.39 is 17.8 Å². The van der Waals surface area contributed by atoms with E-state index in [1.807, 2.05) is 47.5 Å². The van der Waals surface area contributed by atoms with Crippen LogP contribution in [0.3, 0.4) is 0 Å². The van der Waals surface area contributed by atoms with Gasteiger partial charge in [-0.05, 0) is 47.9 Å². The normalized spacial score (nSPS) is 17.6. The number of imide groups is 1. The summed E-state index contributed by atoms with van der Waals surface area (Å²) in [4.78, 5) is 45.1. The van der Waals surface area contributed by atoms with Crippen LogP contribution in [0.15, 0.2) is 66.9 Å². The van der Waals surface area contributed by atoms with Crippen molar-refractivity contribution >= 4 is 23.4 Å². The lowest BCUT2D eigenvalue weighted by Crippen LogP contribution is -2.52. The Morgan fingerprint density at radius 2 is 1.89 bits per heavy atom. The van der Waals surface area contributed by atoms with Crippen molar-refractivity contribution in [3.05, 3.63) is 101 Å². The van der Waals surface area contributed by atoms with Gasteiger partial charge in [-0.15, -0.1) is 0 Å². The first kappa shape index (κ1) is 27.3. The molecule has 1 N–H and O–H groups in total. The molecule has 0 spiro atoms. The number of piperidine rings is 1. The summed E-state index contributed by atoms with van der Waals surface area (Å²) < 4.78 is 22.9. The maximum Gasteiger partial charge on any atom is 0.255 e. The predicted octanol–water partition coefficient (Wildman–Crippen LogP) is 3.92. The van der Waals surface area contributed by atoms with Gasteiger partial charge in [0.25, 0.3) is 5.91 Å². The average Bonchev–Trinajstić information content (AvgIpc) is 3.61. The molecule has 1 aromatic heterocycles. The number of nitriles is 1. The van der Waals surface area contributed by atoms with Crippen molar-refractivity contribution in [2.45, 2.75) is 45.1 Å². The molecule has 7 rings (SSSR count). The van der Waals surface area contributed by atoms with Crippen LogP contribution in [-0.4, -0.2) is 44.8 Å². The molecule has 1 saturated heterocycles. The molecule has 3 aromatic carbocycles. The number of carbonyl (C=O) groups excluding carboxylic acids is 3. The molecule has 0 saturated carbocycles. The van der Waals surface area contributed by atoms with E-state index in [2.05, 4.69) is 14.9 Å². The Kier molecular flexibility index (Phi) is 6.81. The zero-order chi connectivity index (χ0) is 30.4. The van der Waals surface area contributed by atoms with Crippen LogP contribution in [0.4, 0.5) is 10.1 Å². The Morgan fingerprint density at radius 3 is 2.66 bits per heavy atom. The summed E-state index contributed by atoms with van der Waals surface area (Å²) in [5, 5.41) is 11.4. The minimum atomic E-state index is -0.678. The van der Waals surface area contributed by atoms with Crippen LogP contribution in [0.2, 0.25) is 0 Å². The Hall–Kier alpha value is -5.50. The number of halogens is 1. The molecule has 3 aliphatic heterocycles. The topological polar surface area (TPSA) is 121 Å². The van der Waals surface area contributed by atoms with Gasteiger partial charge < -0.3 is 19.1 Å². The van der Waals surface area contributed by atoms with Gasteiger partial charge in [-0.2, -0.15) is 5.26 Å². The highest BCUT2D eigenvalue weighted by Crippen LogP contribution is 2.34. The van der Waals surface area contributed by atoms with Crippen LogP contribution in [0.25, 0.3) is 11.3 Å². The second-order valence-corrected chi connectivity index (χ2v) is 11.1. The summed E-state index contributed by atoms with van der Waals surface area (Å²) in [6.45, 7) is 2.24. The number of benzene rings is 3. The molecular formula is C33H27FN6O4. The van der Waals surface area contributed by atoms with Crippen molar-refractivity contribution in [2.24, 2.45) is 0 Å². The lowest BCUT2D eigenvalue weighted by molar-refractivity contribution is -0.136. The number of nitrogens with zero attached hydrogens (tertiary/aromatic N) is 5. The highest BCUT2D eigenvalue weighted by atomic mass is 19.1. The van der Waals surface area contributed by atoms with Crippen molar-refractivity contribution in [2.75, 3.05) is 11.4 Å². The number of fused-ring (bicyclic) bond motifs is 2. The lowest BCUT2D eigenvalue weighted by Gasteiger charge is -2.30. The molecule has 44 heavy (non-hydrogen) atoms. The third-order valence-corrected chi connectivity index (χ3v) is 8.46. The maximum atomic E-state index is 14.6. The lowest BCUT2D eigenvalue weighted by atomic mass is 10.0. The van der Waals surface area contributed by atoms with E-state index in [9.17, 15) is 18.8 Å². The van der Waals surface area contributed by atoms with Gasteiger partial charge in [0.15, 0.2) is 0 Å². The predicted molar refractivity (Wildman–Crippen MR) is 157 cm³/mol. The van der Waals surface area contributed by atoms with E-state index in [-0.39, 0.29) is 24.8 Å². The molecule has 0 unspecified atom stereocenters. The Bertz CT molecular complexity index is 1860. The van der Waals surface area contributed by atoms with Crippen LogP contribution < -0.4 is 15.0 Å². The number of hydrogen-bond donors (Lipinski definition) is 1. The van der Waals surface area contributed by atoms with Gasteiger partial charge in [0, 0.05) is 30.6 Å². The van der Waals surface area contributed by atoms with Crippen LogP contribution in [-0.2, 0) is 35.8 Å². The summed E-state index contributed by atoms with van der Waals surface area (Å²) in [5.74, 6) is 0.00648. The molecule has 3 amide bonds. The van der Waals surface area contributed by atoms with Gasteiger partial charge in [-0.1, -0.05) is 30.3 Å². The minimum Gasteiger partial charge on any atom is -0.489 e. The first-order valence-electron chi connectivity index (χ1n) is 14.4. The number of imidazole rings is 1. The summed E-state index contributed by atoms with van der Waals surface area (Å²) in [5.41, 5.74) is 4.91. The molecule has 3 aliphatic rings. The molecule has 0 radical (unpaired) electrons. The average molecular weight is 591 g/mol. The maximum absolute atomic E-state index is 14.6. The Morgan fingerprint density at radius 1 is 1.05 bits per heavy atom. The first-order valence-corrected chi connectivity index (χ1v) is 14.4. The molecule has 1 atom stereocenters. The molecule has 1 fully saturated rings. The molecule has 10 nitrogen and oxygen atoms in total. The number of rotatable bonds is 6. The van der Waals surface area contributed by atoms with Crippen LogP contribution in [0.5, 0.6) is 5.75 Å². The number of carbonyl (C=O) groups is 3. The number of aromatic nitrogens is 2. The van der Waals surface area contributed by atoms with Gasteiger partial charge in [0.2, 0.25) is 11.8 Å². The van der Waals surface area contributed by atoms with Crippen molar-refractivity contribution in [3.63, 3.8) is 0 Å². The van der Waals surface area contributed by atoms with Crippen molar-refractivity contribution < 1.29 is 23.5 Å². The molecule has 4 heterocycles. The summed E-state index contributed by atoms with van der Waals surface area (Å²) in [6, 6.07) is 19.1. The van der Waals surface area contributed by atoms with E-state index in [0.717, 1.165) is 28.2 Å². The van der Waals surface area contributed by atoms with Crippen molar-refractivity contribution in [1.82, 2.24) is 19.8 Å². The van der Waals surface area contributed by atoms with Gasteiger partial charge in [-0.3, -0.25) is 19.7 Å². The van der Waals surface area contributed by atoms with Crippen molar-refractivity contribution in [1.29, 1.82) is 5.26 Å². The molecule has 11 heteroatoms. The molecule has 4 aromatic rings. The number of amides is 3. The van der Waals surface area contributed by atoms with Crippen LogP contribution >= 0.6 is 0 Å². The van der Waals surface area contributed by atoms with Crippen LogP contribution in [0.1, 0.15) is 45.7 Å². The summed E-state index contributed by atoms with van der Waals surface area (Å²) in [7, 11) is 0. The third-order valence-electron chi connectivity index (χ3n) is 8.46. The second kappa shape index (κ2) is 11.0. The number of hydrogen-bond acceptors (Lipinski definition) is 7. The molecule has 0 aliphatic carbocycles. The van der Waals surface area contributed by atoms with Gasteiger partial charge in [0.05, 0.1) is 42.3 Å². The highest BCUT2D eigenvalue weighted by Gasteiger charge is 2.40. The van der Waals surface area contributed by atoms with E-state index in [1.54, 1.807) is 24.3 Å². The van der Waals surface area contributed by atoms with Crippen LogP contribution in [0, 0.1) is 17.1 Å². The van der Waals surface area contributed by atoms with E-state index in [4.69, 9.17) is 10.00 Å². The quantitative estimate of drug-likeness (QED) is 0.338. The molecular weight excluding hydrogens is 563 g/mol. The van der Waals surface area contributed by atoms with Gasteiger partial charge >= 0.3 is 0 Å². The smallest absolute Gasteiger partial charge is 0.255 e. The first-order chi connectivity index (χ1) is 21.4. The largest absolute Gasteiger partial charge is 0.489 e. The SMILES string of the molecule is N#Cc1ccc(N2CCn3c(-c4ccc(COc5cccc6c5CN([C@H]5CCC(=O)NC5=O)C6=O)cc4)cnc3C2)c(F)c1. The number of ether oxygens (including phenoxy) is 1. The van der Waals surface area contributed by atoms with E-state index >= 15 is 0 Å². The Balaban J connectivity index is 1.02.